The Kier molecular flexibility index (Phi) is 11.3. The molecule has 21 heteroatoms. The number of esters is 2. The topological polar surface area (TPSA) is 91.3 Å². The molecular weight excluding hydrogens is 631 g/mol. The Morgan fingerprint density at radius 2 is 1.46 bits per heavy atom. The average Bonchev–Trinajstić information content (AvgIpc) is 2.85. The van der Waals surface area contributed by atoms with E-state index < -0.39 is 83.9 Å². The zero-order valence-corrected chi connectivity index (χ0v) is 21.7. The van der Waals surface area contributed by atoms with Crippen LogP contribution in [0.3, 0.4) is 0 Å². The van der Waals surface area contributed by atoms with Gasteiger partial charge in [-0.25, -0.2) is 5.26 Å². The summed E-state index contributed by atoms with van der Waals surface area (Å²) in [5.41, 5.74) is -1.46. The number of rotatable bonds is 15. The first-order chi connectivity index (χ1) is 18.4. The lowest BCUT2D eigenvalue weighted by molar-refractivity contribution is -0.440. The summed E-state index contributed by atoms with van der Waals surface area (Å²) < 4.78 is 184. The number of carbonyl (C=O) groups excluding carboxylic acids is 2. The number of carbonyl (C=O) groups is 2. The highest BCUT2D eigenvalue weighted by molar-refractivity contribution is 7.96. The van der Waals surface area contributed by atoms with Gasteiger partial charge in [-0.15, -0.1) is 4.33 Å². The summed E-state index contributed by atoms with van der Waals surface area (Å²) in [4.78, 5) is 25.1. The molecule has 0 aliphatic carbocycles. The second kappa shape index (κ2) is 12.5. The SMILES string of the molecule is CCCCC1(CC)COC(=O)CC1(SOOO)C(=O)OCCC(F)(F)C(F)(F)C(F)(F)C(F)(F)C(F)(F)C(F)(F)F. The molecule has 242 valence electrons. The van der Waals surface area contributed by atoms with Gasteiger partial charge in [0.2, 0.25) is 0 Å². The van der Waals surface area contributed by atoms with Crippen molar-refractivity contribution in [2.24, 2.45) is 5.41 Å². The number of halogens is 13. The number of cyclic esters (lactones) is 1. The van der Waals surface area contributed by atoms with Crippen LogP contribution in [-0.4, -0.2) is 70.9 Å². The average molecular weight is 654 g/mol. The number of alkyl halides is 13. The summed E-state index contributed by atoms with van der Waals surface area (Å²) in [5, 5.41) is 12.0. The van der Waals surface area contributed by atoms with Crippen molar-refractivity contribution in [3.8, 4) is 0 Å². The lowest BCUT2D eigenvalue weighted by atomic mass is 9.67. The minimum absolute atomic E-state index is 0.0348. The molecular formula is C20H23F13O7S. The molecule has 1 N–H and O–H groups in total. The molecule has 1 fully saturated rings. The molecule has 0 spiro atoms. The van der Waals surface area contributed by atoms with Crippen LogP contribution in [0.5, 0.6) is 0 Å². The summed E-state index contributed by atoms with van der Waals surface area (Å²) in [6, 6.07) is 0. The molecule has 1 aliphatic rings. The Balaban J connectivity index is 3.33. The van der Waals surface area contributed by atoms with Crippen LogP contribution in [0, 0.1) is 5.41 Å². The van der Waals surface area contributed by atoms with E-state index in [-0.39, 0.29) is 24.9 Å². The van der Waals surface area contributed by atoms with Gasteiger partial charge in [0.05, 0.1) is 38.1 Å². The van der Waals surface area contributed by atoms with Crippen molar-refractivity contribution >= 4 is 24.0 Å². The van der Waals surface area contributed by atoms with E-state index in [1.165, 1.54) is 6.92 Å². The van der Waals surface area contributed by atoms with E-state index in [0.29, 0.717) is 12.8 Å². The molecule has 41 heavy (non-hydrogen) atoms. The highest BCUT2D eigenvalue weighted by atomic mass is 32.2. The van der Waals surface area contributed by atoms with Gasteiger partial charge in [-0.1, -0.05) is 31.7 Å². The molecule has 0 amide bonds. The van der Waals surface area contributed by atoms with E-state index in [0.717, 1.165) is 0 Å². The number of hydrogen-bond acceptors (Lipinski definition) is 8. The lowest BCUT2D eigenvalue weighted by Gasteiger charge is -2.48. The molecule has 0 aromatic heterocycles. The Morgan fingerprint density at radius 3 is 1.93 bits per heavy atom. The molecule has 7 nitrogen and oxygen atoms in total. The highest BCUT2D eigenvalue weighted by Crippen LogP contribution is 2.61. The molecule has 1 saturated heterocycles. The standard InChI is InChI=1S/C20H23F13O7S/c1-3-5-6-13(4-2)10-38-11(34)9-14(13,41-40-39-36)12(35)37-8-7-15(21,22)16(23,24)17(25,26)18(27,28)19(29,30)20(31,32)33/h36H,3-10H2,1-2H3. The molecule has 0 bridgehead atoms. The summed E-state index contributed by atoms with van der Waals surface area (Å²) in [5.74, 6) is -40.8. The smallest absolute Gasteiger partial charge is 0.460 e. The number of ether oxygens (including phenoxy) is 2. The van der Waals surface area contributed by atoms with Gasteiger partial charge in [-0.2, -0.15) is 57.1 Å². The van der Waals surface area contributed by atoms with Crippen LogP contribution >= 0.6 is 12.0 Å². The zero-order valence-electron chi connectivity index (χ0n) is 20.9. The van der Waals surface area contributed by atoms with Gasteiger partial charge >= 0.3 is 47.7 Å². The summed E-state index contributed by atoms with van der Waals surface area (Å²) in [7, 11) is 0. The monoisotopic (exact) mass is 654 g/mol. The molecule has 1 heterocycles. The van der Waals surface area contributed by atoms with Crippen LogP contribution in [0.15, 0.2) is 0 Å². The van der Waals surface area contributed by atoms with Crippen molar-refractivity contribution in [2.45, 2.75) is 92.9 Å². The highest BCUT2D eigenvalue weighted by Gasteiger charge is 2.90. The van der Waals surface area contributed by atoms with Crippen LogP contribution in [0.4, 0.5) is 57.1 Å². The Morgan fingerprint density at radius 1 is 0.927 bits per heavy atom. The Hall–Kier alpha value is -1.74. The molecule has 2 atom stereocenters. The first kappa shape index (κ1) is 37.3. The van der Waals surface area contributed by atoms with Gasteiger partial charge in [-0.05, 0) is 12.8 Å². The van der Waals surface area contributed by atoms with E-state index in [1.54, 1.807) is 6.92 Å². The fourth-order valence-electron chi connectivity index (χ4n) is 3.99. The molecule has 0 radical (unpaired) electrons. The molecule has 0 aromatic carbocycles. The predicted molar refractivity (Wildman–Crippen MR) is 109 cm³/mol. The zero-order chi connectivity index (χ0) is 32.3. The van der Waals surface area contributed by atoms with E-state index in [1.807, 2.05) is 0 Å². The summed E-state index contributed by atoms with van der Waals surface area (Å²) in [6.07, 6.45) is -10.5. The maximum absolute atomic E-state index is 14.1. The third-order valence-corrected chi connectivity index (χ3v) is 7.79. The van der Waals surface area contributed by atoms with Gasteiger partial charge < -0.3 is 9.47 Å². The predicted octanol–water partition coefficient (Wildman–Crippen LogP) is 7.00. The van der Waals surface area contributed by atoms with Crippen molar-refractivity contribution in [3.05, 3.63) is 0 Å². The largest absolute Gasteiger partial charge is 0.465 e. The van der Waals surface area contributed by atoms with E-state index in [4.69, 9.17) is 9.99 Å². The molecule has 2 unspecified atom stereocenters. The van der Waals surface area contributed by atoms with Crippen molar-refractivity contribution < 1.29 is 90.8 Å². The second-order valence-corrected chi connectivity index (χ2v) is 10.0. The minimum atomic E-state index is -8.06. The summed E-state index contributed by atoms with van der Waals surface area (Å²) in [6.45, 7) is 0.613. The number of hydrogen-bond donors (Lipinski definition) is 1. The van der Waals surface area contributed by atoms with Crippen molar-refractivity contribution in [1.29, 1.82) is 0 Å². The first-order valence-electron chi connectivity index (χ1n) is 11.4. The van der Waals surface area contributed by atoms with Gasteiger partial charge in [0, 0.05) is 5.41 Å². The Bertz CT molecular complexity index is 932. The molecule has 0 aromatic rings. The van der Waals surface area contributed by atoms with Crippen LogP contribution < -0.4 is 0 Å². The quantitative estimate of drug-likeness (QED) is 0.0664. The molecule has 1 rings (SSSR count). The normalized spacial score (nSPS) is 23.4. The van der Waals surface area contributed by atoms with E-state index in [9.17, 15) is 66.7 Å². The fourth-order valence-corrected chi connectivity index (χ4v) is 4.92. The van der Waals surface area contributed by atoms with Gasteiger partial charge in [0.25, 0.3) is 0 Å². The van der Waals surface area contributed by atoms with Gasteiger partial charge in [0.15, 0.2) is 4.75 Å². The minimum Gasteiger partial charge on any atom is -0.465 e. The third-order valence-electron chi connectivity index (χ3n) is 6.63. The van der Waals surface area contributed by atoms with Crippen LogP contribution in [0.2, 0.25) is 0 Å². The number of unbranched alkanes of at least 4 members (excludes halogenated alkanes) is 1. The maximum atomic E-state index is 14.1. The Labute approximate surface area is 227 Å². The molecule has 1 aliphatic heterocycles. The third kappa shape index (κ3) is 6.31. The second-order valence-electron chi connectivity index (χ2n) is 9.01. The lowest BCUT2D eigenvalue weighted by Crippen LogP contribution is -2.70. The molecule has 0 saturated carbocycles. The van der Waals surface area contributed by atoms with Crippen molar-refractivity contribution in [1.82, 2.24) is 0 Å². The van der Waals surface area contributed by atoms with Crippen LogP contribution in [0.1, 0.15) is 52.4 Å². The van der Waals surface area contributed by atoms with Crippen LogP contribution in [-0.2, 0) is 28.4 Å². The van der Waals surface area contributed by atoms with Gasteiger partial charge in [-0.3, -0.25) is 9.59 Å². The van der Waals surface area contributed by atoms with Crippen molar-refractivity contribution in [3.63, 3.8) is 0 Å². The van der Waals surface area contributed by atoms with Crippen molar-refractivity contribution in [2.75, 3.05) is 13.2 Å². The van der Waals surface area contributed by atoms with Crippen LogP contribution in [0.25, 0.3) is 0 Å². The van der Waals surface area contributed by atoms with E-state index in [2.05, 4.69) is 14.1 Å². The summed E-state index contributed by atoms with van der Waals surface area (Å²) >= 11 is -0.0775. The van der Waals surface area contributed by atoms with E-state index >= 15 is 0 Å². The fraction of sp³-hybridized carbons (Fsp3) is 0.900. The maximum Gasteiger partial charge on any atom is 0.460 e. The first-order valence-corrected chi connectivity index (χ1v) is 12.1. The van der Waals surface area contributed by atoms with Gasteiger partial charge in [0.1, 0.15) is 0 Å².